The Hall–Kier alpha value is -3.23. The summed E-state index contributed by atoms with van der Waals surface area (Å²) >= 11 is 0. The highest BCUT2D eigenvalue weighted by atomic mass is 19.4. The highest BCUT2D eigenvalue weighted by Crippen LogP contribution is 2.24. The van der Waals surface area contributed by atoms with Crippen molar-refractivity contribution < 1.29 is 23.1 Å². The molecule has 2 N–H and O–H groups in total. The second-order valence-electron chi connectivity index (χ2n) is 8.26. The van der Waals surface area contributed by atoms with Gasteiger partial charge in [0.1, 0.15) is 0 Å². The molecule has 0 radical (unpaired) electrons. The van der Waals surface area contributed by atoms with Gasteiger partial charge in [-0.2, -0.15) is 13.2 Å². The third-order valence-electron chi connectivity index (χ3n) is 5.65. The zero-order valence-electron chi connectivity index (χ0n) is 18.9. The molecule has 0 aliphatic carbocycles. The molecular weight excluding hydrogens is 443 g/mol. The van der Waals surface area contributed by atoms with Crippen LogP contribution >= 0.6 is 0 Å². The monoisotopic (exact) mass is 471 g/mol. The van der Waals surface area contributed by atoms with E-state index in [2.05, 4.69) is 88.9 Å². The standard InChI is InChI=1S/C24H27N3.C2HF3O2/c1-19(22-8-5-9-23(16-22)21-10-13-25-14-11-21)26-24-12-15-27(18-24)17-20-6-3-2-4-7-20;3-2(4,5)1(6)7/h2-11,13-14,16,19,24,26H,12,15,17-18H2,1H3;(H,6,7). The number of nitrogens with zero attached hydrogens (tertiary/aromatic N) is 2. The quantitative estimate of drug-likeness (QED) is 0.510. The molecule has 2 aromatic carbocycles. The summed E-state index contributed by atoms with van der Waals surface area (Å²) in [4.78, 5) is 15.6. The Labute approximate surface area is 197 Å². The number of likely N-dealkylation sites (tertiary alicyclic amines) is 1. The Balaban J connectivity index is 0.000000406. The summed E-state index contributed by atoms with van der Waals surface area (Å²) in [6.07, 6.45) is -0.172. The Kier molecular flexibility index (Phi) is 8.79. The van der Waals surface area contributed by atoms with E-state index in [0.29, 0.717) is 12.1 Å². The molecule has 0 saturated carbocycles. The molecule has 2 unspecified atom stereocenters. The van der Waals surface area contributed by atoms with Crippen LogP contribution in [0, 0.1) is 0 Å². The molecule has 2 atom stereocenters. The number of alkyl halides is 3. The van der Waals surface area contributed by atoms with Crippen LogP contribution in [-0.2, 0) is 11.3 Å². The minimum atomic E-state index is -5.08. The molecule has 180 valence electrons. The predicted octanol–water partition coefficient (Wildman–Crippen LogP) is 5.31. The van der Waals surface area contributed by atoms with Crippen molar-refractivity contribution >= 4 is 5.97 Å². The number of pyridine rings is 1. The van der Waals surface area contributed by atoms with Gasteiger partial charge in [-0.1, -0.05) is 48.5 Å². The lowest BCUT2D eigenvalue weighted by Crippen LogP contribution is -2.34. The first-order valence-corrected chi connectivity index (χ1v) is 11.0. The number of hydrogen-bond acceptors (Lipinski definition) is 4. The van der Waals surface area contributed by atoms with E-state index in [1.54, 1.807) is 0 Å². The first-order valence-electron chi connectivity index (χ1n) is 11.0. The van der Waals surface area contributed by atoms with Crippen molar-refractivity contribution in [2.45, 2.75) is 38.1 Å². The maximum Gasteiger partial charge on any atom is 0.490 e. The summed E-state index contributed by atoms with van der Waals surface area (Å²) in [6.45, 7) is 5.59. The second-order valence-corrected chi connectivity index (χ2v) is 8.26. The van der Waals surface area contributed by atoms with Gasteiger partial charge in [0.15, 0.2) is 0 Å². The number of aromatic nitrogens is 1. The average molecular weight is 472 g/mol. The largest absolute Gasteiger partial charge is 0.490 e. The van der Waals surface area contributed by atoms with E-state index in [9.17, 15) is 13.2 Å². The summed E-state index contributed by atoms with van der Waals surface area (Å²) < 4.78 is 31.7. The van der Waals surface area contributed by atoms with Crippen molar-refractivity contribution in [3.63, 3.8) is 0 Å². The van der Waals surface area contributed by atoms with E-state index in [1.165, 1.54) is 28.7 Å². The first kappa shape index (κ1) is 25.4. The smallest absolute Gasteiger partial charge is 0.475 e. The molecule has 8 heteroatoms. The SMILES string of the molecule is CC(NC1CCN(Cc2ccccc2)C1)c1cccc(-c2ccncc2)c1.O=C(O)C(F)(F)F. The van der Waals surface area contributed by atoms with Crippen LogP contribution in [-0.4, -0.2) is 46.3 Å². The van der Waals surface area contributed by atoms with Gasteiger partial charge < -0.3 is 10.4 Å². The van der Waals surface area contributed by atoms with E-state index in [1.807, 2.05) is 12.4 Å². The van der Waals surface area contributed by atoms with Crippen LogP contribution in [0.5, 0.6) is 0 Å². The van der Waals surface area contributed by atoms with Gasteiger partial charge in [0.25, 0.3) is 0 Å². The molecule has 1 saturated heterocycles. The molecule has 1 aliphatic heterocycles. The molecule has 4 rings (SSSR count). The van der Waals surface area contributed by atoms with Crippen LogP contribution in [0.2, 0.25) is 0 Å². The summed E-state index contributed by atoms with van der Waals surface area (Å²) in [7, 11) is 0. The Bertz CT molecular complexity index is 1050. The van der Waals surface area contributed by atoms with Crippen LogP contribution < -0.4 is 5.32 Å². The van der Waals surface area contributed by atoms with Crippen LogP contribution in [0.1, 0.15) is 30.5 Å². The van der Waals surface area contributed by atoms with Gasteiger partial charge in [-0.05, 0) is 53.8 Å². The van der Waals surface area contributed by atoms with E-state index in [4.69, 9.17) is 9.90 Å². The van der Waals surface area contributed by atoms with Gasteiger partial charge in [-0.25, -0.2) is 4.79 Å². The van der Waals surface area contributed by atoms with Crippen molar-refractivity contribution in [2.24, 2.45) is 0 Å². The third-order valence-corrected chi connectivity index (χ3v) is 5.65. The Morgan fingerprint density at radius 3 is 2.41 bits per heavy atom. The lowest BCUT2D eigenvalue weighted by atomic mass is 10.0. The fourth-order valence-corrected chi connectivity index (χ4v) is 3.94. The highest BCUT2D eigenvalue weighted by Gasteiger charge is 2.38. The maximum atomic E-state index is 10.6. The number of carbonyl (C=O) groups is 1. The molecule has 1 fully saturated rings. The van der Waals surface area contributed by atoms with Gasteiger partial charge in [0, 0.05) is 44.1 Å². The predicted molar refractivity (Wildman–Crippen MR) is 125 cm³/mol. The second kappa shape index (κ2) is 11.8. The molecule has 5 nitrogen and oxygen atoms in total. The third kappa shape index (κ3) is 7.67. The fraction of sp³-hybridized carbons (Fsp3) is 0.308. The minimum absolute atomic E-state index is 0.341. The van der Waals surface area contributed by atoms with Gasteiger partial charge in [0.2, 0.25) is 0 Å². The molecule has 0 amide bonds. The number of rotatable bonds is 6. The molecule has 3 aromatic rings. The molecular formula is C26H28F3N3O2. The number of nitrogens with one attached hydrogen (secondary N) is 1. The lowest BCUT2D eigenvalue weighted by Gasteiger charge is -2.21. The van der Waals surface area contributed by atoms with E-state index >= 15 is 0 Å². The van der Waals surface area contributed by atoms with Crippen molar-refractivity contribution in [1.82, 2.24) is 15.2 Å². The van der Waals surface area contributed by atoms with E-state index in [-0.39, 0.29) is 0 Å². The van der Waals surface area contributed by atoms with E-state index in [0.717, 1.165) is 19.6 Å². The highest BCUT2D eigenvalue weighted by molar-refractivity contribution is 5.73. The van der Waals surface area contributed by atoms with Crippen LogP contribution in [0.3, 0.4) is 0 Å². The summed E-state index contributed by atoms with van der Waals surface area (Å²) in [5.74, 6) is -2.76. The number of benzene rings is 2. The topological polar surface area (TPSA) is 65.5 Å². The summed E-state index contributed by atoms with van der Waals surface area (Å²) in [5.41, 5.74) is 5.21. The first-order chi connectivity index (χ1) is 16.2. The molecule has 34 heavy (non-hydrogen) atoms. The normalized spacial score (nSPS) is 17.0. The summed E-state index contributed by atoms with van der Waals surface area (Å²) in [6, 6.07) is 24.6. The van der Waals surface area contributed by atoms with Crippen molar-refractivity contribution in [3.8, 4) is 11.1 Å². The van der Waals surface area contributed by atoms with Gasteiger partial charge in [-0.15, -0.1) is 0 Å². The number of carboxylic acid groups (broad SMARTS) is 1. The van der Waals surface area contributed by atoms with Crippen LogP contribution in [0.4, 0.5) is 13.2 Å². The number of hydrogen-bond donors (Lipinski definition) is 2. The zero-order chi connectivity index (χ0) is 24.6. The lowest BCUT2D eigenvalue weighted by molar-refractivity contribution is -0.192. The number of aliphatic carboxylic acids is 1. The molecule has 0 spiro atoms. The molecule has 2 heterocycles. The van der Waals surface area contributed by atoms with E-state index < -0.39 is 12.1 Å². The number of halogens is 3. The average Bonchev–Trinajstić information content (AvgIpc) is 3.26. The fourth-order valence-electron chi connectivity index (χ4n) is 3.94. The summed E-state index contributed by atoms with van der Waals surface area (Å²) in [5, 5.41) is 11.0. The minimum Gasteiger partial charge on any atom is -0.475 e. The number of carboxylic acids is 1. The van der Waals surface area contributed by atoms with Gasteiger partial charge in [-0.3, -0.25) is 9.88 Å². The van der Waals surface area contributed by atoms with Crippen molar-refractivity contribution in [1.29, 1.82) is 0 Å². The molecule has 1 aromatic heterocycles. The maximum absolute atomic E-state index is 10.6. The molecule has 1 aliphatic rings. The van der Waals surface area contributed by atoms with Crippen LogP contribution in [0.15, 0.2) is 79.1 Å². The van der Waals surface area contributed by atoms with Gasteiger partial charge >= 0.3 is 12.1 Å². The van der Waals surface area contributed by atoms with Crippen molar-refractivity contribution in [3.05, 3.63) is 90.3 Å². The Morgan fingerprint density at radius 1 is 1.09 bits per heavy atom. The molecule has 0 bridgehead atoms. The van der Waals surface area contributed by atoms with Gasteiger partial charge in [0.05, 0.1) is 0 Å². The van der Waals surface area contributed by atoms with Crippen molar-refractivity contribution in [2.75, 3.05) is 13.1 Å². The van der Waals surface area contributed by atoms with Crippen LogP contribution in [0.25, 0.3) is 11.1 Å². The zero-order valence-corrected chi connectivity index (χ0v) is 18.9. The Morgan fingerprint density at radius 2 is 1.76 bits per heavy atom.